The van der Waals surface area contributed by atoms with Gasteiger partial charge in [0.25, 0.3) is 0 Å². The van der Waals surface area contributed by atoms with Gasteiger partial charge in [-0.05, 0) is 11.8 Å². The minimum atomic E-state index is 0.0826. The van der Waals surface area contributed by atoms with Crippen molar-refractivity contribution in [1.29, 1.82) is 0 Å². The second-order valence-electron chi connectivity index (χ2n) is 4.76. The summed E-state index contributed by atoms with van der Waals surface area (Å²) in [5, 5.41) is 0. The van der Waals surface area contributed by atoms with Gasteiger partial charge in [-0.1, -0.05) is 52.5 Å². The van der Waals surface area contributed by atoms with Crippen molar-refractivity contribution >= 4 is 5.78 Å². The SMILES string of the molecule is C=C/C=C/CCC(=O)C(C)C(C)(C)C. The molecular weight excluding hydrogens is 172 g/mol. The summed E-state index contributed by atoms with van der Waals surface area (Å²) in [5.41, 5.74) is 0.0826. The predicted molar refractivity (Wildman–Crippen MR) is 62.2 cm³/mol. The fraction of sp³-hybridized carbons (Fsp3) is 0.615. The molecule has 0 aromatic rings. The summed E-state index contributed by atoms with van der Waals surface area (Å²) in [7, 11) is 0. The maximum absolute atomic E-state index is 11.7. The fourth-order valence-electron chi connectivity index (χ4n) is 1.12. The molecule has 0 rings (SSSR count). The molecule has 0 aromatic carbocycles. The number of hydrogen-bond acceptors (Lipinski definition) is 1. The molecule has 0 amide bonds. The Morgan fingerprint density at radius 1 is 1.43 bits per heavy atom. The number of hydrogen-bond donors (Lipinski definition) is 0. The monoisotopic (exact) mass is 194 g/mol. The molecule has 1 unspecified atom stereocenters. The zero-order chi connectivity index (χ0) is 11.2. The molecule has 0 aliphatic rings. The van der Waals surface area contributed by atoms with Crippen LogP contribution in [0.4, 0.5) is 0 Å². The summed E-state index contributed by atoms with van der Waals surface area (Å²) in [5.74, 6) is 0.492. The standard InChI is InChI=1S/C13H22O/c1-6-7-8-9-10-12(14)11(2)13(3,4)5/h6-8,11H,1,9-10H2,2-5H3/b8-7+. The van der Waals surface area contributed by atoms with E-state index in [-0.39, 0.29) is 11.3 Å². The number of carbonyl (C=O) groups is 1. The molecule has 0 spiro atoms. The average Bonchev–Trinajstić information content (AvgIpc) is 2.09. The van der Waals surface area contributed by atoms with Crippen molar-refractivity contribution in [2.75, 3.05) is 0 Å². The Morgan fingerprint density at radius 3 is 2.43 bits per heavy atom. The van der Waals surface area contributed by atoms with Crippen LogP contribution in [0.1, 0.15) is 40.5 Å². The average molecular weight is 194 g/mol. The van der Waals surface area contributed by atoms with E-state index < -0.39 is 0 Å². The minimum absolute atomic E-state index is 0.0826. The summed E-state index contributed by atoms with van der Waals surface area (Å²) in [6, 6.07) is 0. The van der Waals surface area contributed by atoms with Crippen LogP contribution >= 0.6 is 0 Å². The smallest absolute Gasteiger partial charge is 0.136 e. The number of ketones is 1. The third-order valence-corrected chi connectivity index (χ3v) is 2.61. The van der Waals surface area contributed by atoms with E-state index >= 15 is 0 Å². The van der Waals surface area contributed by atoms with Crippen molar-refractivity contribution in [2.24, 2.45) is 11.3 Å². The number of carbonyl (C=O) groups excluding carboxylic acids is 1. The summed E-state index contributed by atoms with van der Waals surface area (Å²) in [4.78, 5) is 11.7. The third kappa shape index (κ3) is 5.00. The van der Waals surface area contributed by atoms with Gasteiger partial charge in [0.2, 0.25) is 0 Å². The Labute approximate surface area is 87.9 Å². The molecule has 0 aliphatic heterocycles. The van der Waals surface area contributed by atoms with E-state index in [0.29, 0.717) is 12.2 Å². The molecule has 0 radical (unpaired) electrons. The van der Waals surface area contributed by atoms with Crippen LogP contribution < -0.4 is 0 Å². The van der Waals surface area contributed by atoms with E-state index in [1.807, 2.05) is 19.1 Å². The molecule has 0 aliphatic carbocycles. The Bertz CT molecular complexity index is 218. The van der Waals surface area contributed by atoms with Crippen molar-refractivity contribution in [2.45, 2.75) is 40.5 Å². The van der Waals surface area contributed by atoms with Crippen LogP contribution in [0, 0.1) is 11.3 Å². The third-order valence-electron chi connectivity index (χ3n) is 2.61. The first kappa shape index (κ1) is 13.2. The van der Waals surface area contributed by atoms with Gasteiger partial charge in [-0.15, -0.1) is 0 Å². The molecule has 1 heteroatoms. The second-order valence-corrected chi connectivity index (χ2v) is 4.76. The van der Waals surface area contributed by atoms with E-state index in [1.54, 1.807) is 6.08 Å². The fourth-order valence-corrected chi connectivity index (χ4v) is 1.12. The second kappa shape index (κ2) is 5.79. The Morgan fingerprint density at radius 2 is 2.00 bits per heavy atom. The van der Waals surface area contributed by atoms with Crippen molar-refractivity contribution in [3.05, 3.63) is 24.8 Å². The van der Waals surface area contributed by atoms with Gasteiger partial charge in [0, 0.05) is 12.3 Å². The zero-order valence-electron chi connectivity index (χ0n) is 9.84. The molecule has 0 saturated carbocycles. The quantitative estimate of drug-likeness (QED) is 0.609. The lowest BCUT2D eigenvalue weighted by Gasteiger charge is -2.25. The molecule has 80 valence electrons. The zero-order valence-corrected chi connectivity index (χ0v) is 9.84. The molecule has 0 heterocycles. The van der Waals surface area contributed by atoms with Crippen LogP contribution in [-0.4, -0.2) is 5.78 Å². The van der Waals surface area contributed by atoms with Crippen molar-refractivity contribution in [3.63, 3.8) is 0 Å². The van der Waals surface area contributed by atoms with E-state index in [9.17, 15) is 4.79 Å². The van der Waals surface area contributed by atoms with Gasteiger partial charge >= 0.3 is 0 Å². The normalized spacial score (nSPS) is 14.3. The van der Waals surface area contributed by atoms with Crippen molar-refractivity contribution in [1.82, 2.24) is 0 Å². The lowest BCUT2D eigenvalue weighted by atomic mass is 9.78. The van der Waals surface area contributed by atoms with Crippen LogP contribution in [0.5, 0.6) is 0 Å². The van der Waals surface area contributed by atoms with E-state index in [4.69, 9.17) is 0 Å². The lowest BCUT2D eigenvalue weighted by molar-refractivity contribution is -0.125. The molecular formula is C13H22O. The lowest BCUT2D eigenvalue weighted by Crippen LogP contribution is -2.25. The highest BCUT2D eigenvalue weighted by molar-refractivity contribution is 5.81. The van der Waals surface area contributed by atoms with Gasteiger partial charge in [0.1, 0.15) is 5.78 Å². The first-order valence-electron chi connectivity index (χ1n) is 5.20. The summed E-state index contributed by atoms with van der Waals surface area (Å²) >= 11 is 0. The molecule has 14 heavy (non-hydrogen) atoms. The largest absolute Gasteiger partial charge is 0.299 e. The summed E-state index contributed by atoms with van der Waals surface area (Å²) in [6.07, 6.45) is 7.07. The van der Waals surface area contributed by atoms with Gasteiger partial charge in [-0.3, -0.25) is 4.79 Å². The molecule has 0 saturated heterocycles. The maximum Gasteiger partial charge on any atom is 0.136 e. The van der Waals surface area contributed by atoms with E-state index in [1.165, 1.54) is 0 Å². The summed E-state index contributed by atoms with van der Waals surface area (Å²) < 4.78 is 0. The number of rotatable bonds is 5. The van der Waals surface area contributed by atoms with Crippen LogP contribution in [0.15, 0.2) is 24.8 Å². The highest BCUT2D eigenvalue weighted by Gasteiger charge is 2.25. The first-order valence-corrected chi connectivity index (χ1v) is 5.20. The van der Waals surface area contributed by atoms with E-state index in [0.717, 1.165) is 6.42 Å². The van der Waals surface area contributed by atoms with Crippen molar-refractivity contribution in [3.8, 4) is 0 Å². The Hall–Kier alpha value is -0.850. The number of allylic oxidation sites excluding steroid dienone is 3. The van der Waals surface area contributed by atoms with Crippen LogP contribution in [0.2, 0.25) is 0 Å². The maximum atomic E-state index is 11.7. The Kier molecular flexibility index (Phi) is 5.44. The molecule has 0 N–H and O–H groups in total. The predicted octanol–water partition coefficient (Wildman–Crippen LogP) is 3.76. The first-order chi connectivity index (χ1) is 6.39. The molecule has 1 atom stereocenters. The van der Waals surface area contributed by atoms with Gasteiger partial charge < -0.3 is 0 Å². The molecule has 1 nitrogen and oxygen atoms in total. The van der Waals surface area contributed by atoms with Gasteiger partial charge in [-0.25, -0.2) is 0 Å². The van der Waals surface area contributed by atoms with E-state index in [2.05, 4.69) is 27.4 Å². The van der Waals surface area contributed by atoms with Crippen LogP contribution in [-0.2, 0) is 4.79 Å². The molecule has 0 fully saturated rings. The Balaban J connectivity index is 3.97. The topological polar surface area (TPSA) is 17.1 Å². The highest BCUT2D eigenvalue weighted by atomic mass is 16.1. The van der Waals surface area contributed by atoms with Gasteiger partial charge in [0.15, 0.2) is 0 Å². The minimum Gasteiger partial charge on any atom is -0.299 e. The van der Waals surface area contributed by atoms with Crippen molar-refractivity contribution < 1.29 is 4.79 Å². The summed E-state index contributed by atoms with van der Waals surface area (Å²) in [6.45, 7) is 11.9. The number of Topliss-reactive ketones (excluding diaryl/α,β-unsaturated/α-hetero) is 1. The highest BCUT2D eigenvalue weighted by Crippen LogP contribution is 2.27. The van der Waals surface area contributed by atoms with Gasteiger partial charge in [0.05, 0.1) is 0 Å². The van der Waals surface area contributed by atoms with Crippen LogP contribution in [0.3, 0.4) is 0 Å². The van der Waals surface area contributed by atoms with Gasteiger partial charge in [-0.2, -0.15) is 0 Å². The molecule has 0 aromatic heterocycles. The molecule has 0 bridgehead atoms. The van der Waals surface area contributed by atoms with Crippen LogP contribution in [0.25, 0.3) is 0 Å².